The Morgan fingerprint density at radius 3 is 2.45 bits per heavy atom. The van der Waals surface area contributed by atoms with Gasteiger partial charge in [0.15, 0.2) is 0 Å². The zero-order valence-electron chi connectivity index (χ0n) is 12.1. The van der Waals surface area contributed by atoms with Gasteiger partial charge in [-0.25, -0.2) is 4.79 Å². The number of carbonyl (C=O) groups excluding carboxylic acids is 2. The second-order valence-corrected chi connectivity index (χ2v) is 4.59. The fourth-order valence-corrected chi connectivity index (χ4v) is 1.77. The number of ether oxygens (including phenoxy) is 2. The first-order chi connectivity index (χ1) is 9.56. The van der Waals surface area contributed by atoms with Crippen molar-refractivity contribution in [1.82, 2.24) is 5.32 Å². The van der Waals surface area contributed by atoms with Crippen molar-refractivity contribution in [3.63, 3.8) is 0 Å². The Balaban J connectivity index is 2.37. The van der Waals surface area contributed by atoms with Gasteiger partial charge in [0.2, 0.25) is 0 Å². The van der Waals surface area contributed by atoms with Crippen LogP contribution in [-0.2, 0) is 20.7 Å². The van der Waals surface area contributed by atoms with Crippen LogP contribution in [0.15, 0.2) is 24.3 Å². The maximum absolute atomic E-state index is 11.4. The molecule has 0 radical (unpaired) electrons. The zero-order chi connectivity index (χ0) is 15.0. The van der Waals surface area contributed by atoms with E-state index in [-0.39, 0.29) is 12.5 Å². The van der Waals surface area contributed by atoms with Gasteiger partial charge in [-0.3, -0.25) is 4.79 Å². The molecule has 0 unspecified atom stereocenters. The van der Waals surface area contributed by atoms with Crippen molar-refractivity contribution in [2.45, 2.75) is 20.3 Å². The maximum atomic E-state index is 11.4. The second kappa shape index (κ2) is 8.19. The first-order valence-corrected chi connectivity index (χ1v) is 6.64. The number of rotatable bonds is 6. The van der Waals surface area contributed by atoms with Crippen LogP contribution >= 0.6 is 0 Å². The molecular formula is C15H21NO4. The van der Waals surface area contributed by atoms with Gasteiger partial charge in [-0.1, -0.05) is 19.1 Å². The molecule has 0 heterocycles. The first kappa shape index (κ1) is 16.0. The van der Waals surface area contributed by atoms with Gasteiger partial charge in [-0.2, -0.15) is 0 Å². The normalized spacial score (nSPS) is 11.6. The fraction of sp³-hybridized carbons (Fsp3) is 0.467. The number of hydrogen-bond acceptors (Lipinski definition) is 4. The van der Waals surface area contributed by atoms with E-state index in [9.17, 15) is 9.59 Å². The quantitative estimate of drug-likeness (QED) is 0.634. The lowest BCUT2D eigenvalue weighted by Gasteiger charge is -2.12. The lowest BCUT2D eigenvalue weighted by atomic mass is 10.0. The van der Waals surface area contributed by atoms with Crippen LogP contribution < -0.4 is 10.1 Å². The van der Waals surface area contributed by atoms with Crippen molar-refractivity contribution in [3.8, 4) is 5.75 Å². The summed E-state index contributed by atoms with van der Waals surface area (Å²) in [6.07, 6.45) is 0.813. The van der Waals surface area contributed by atoms with Crippen LogP contribution in [0.1, 0.15) is 19.4 Å². The van der Waals surface area contributed by atoms with Gasteiger partial charge in [0.05, 0.1) is 13.7 Å². The van der Waals surface area contributed by atoms with Crippen LogP contribution in [0, 0.1) is 5.92 Å². The van der Waals surface area contributed by atoms with Gasteiger partial charge in [0.1, 0.15) is 5.75 Å². The third-order valence-electron chi connectivity index (χ3n) is 2.82. The largest absolute Gasteiger partial charge is 0.497 e. The Labute approximate surface area is 119 Å². The van der Waals surface area contributed by atoms with E-state index in [4.69, 9.17) is 4.74 Å². The Kier molecular flexibility index (Phi) is 6.56. The lowest BCUT2D eigenvalue weighted by molar-refractivity contribution is -0.154. The number of esters is 1. The standard InChI is InChI=1S/C15H21NO4/c1-4-20-15(18)14(17)16-10-11(2)9-12-5-7-13(19-3)8-6-12/h5-8,11H,4,9-10H2,1-3H3,(H,16,17)/t11-/m1/s1. The Hall–Kier alpha value is -2.04. The zero-order valence-corrected chi connectivity index (χ0v) is 12.1. The summed E-state index contributed by atoms with van der Waals surface area (Å²) < 4.78 is 9.71. The molecule has 5 heteroatoms. The van der Waals surface area contributed by atoms with Gasteiger partial charge in [0.25, 0.3) is 0 Å². The molecule has 20 heavy (non-hydrogen) atoms. The predicted octanol–water partition coefficient (Wildman–Crippen LogP) is 1.55. The van der Waals surface area contributed by atoms with E-state index in [0.717, 1.165) is 17.7 Å². The summed E-state index contributed by atoms with van der Waals surface area (Å²) >= 11 is 0. The topological polar surface area (TPSA) is 64.6 Å². The van der Waals surface area contributed by atoms with Crippen molar-refractivity contribution in [3.05, 3.63) is 29.8 Å². The molecule has 0 aliphatic rings. The van der Waals surface area contributed by atoms with Crippen molar-refractivity contribution < 1.29 is 19.1 Å². The molecule has 0 aliphatic heterocycles. The van der Waals surface area contributed by atoms with Gasteiger partial charge in [-0.15, -0.1) is 0 Å². The summed E-state index contributed by atoms with van der Waals surface area (Å²) in [5, 5.41) is 2.57. The maximum Gasteiger partial charge on any atom is 0.396 e. The Morgan fingerprint density at radius 2 is 1.90 bits per heavy atom. The highest BCUT2D eigenvalue weighted by Gasteiger charge is 2.15. The molecule has 1 N–H and O–H groups in total. The minimum absolute atomic E-state index is 0.202. The summed E-state index contributed by atoms with van der Waals surface area (Å²) in [4.78, 5) is 22.5. The van der Waals surface area contributed by atoms with Crippen LogP contribution in [0.4, 0.5) is 0 Å². The molecule has 1 rings (SSSR count). The van der Waals surface area contributed by atoms with Crippen molar-refractivity contribution in [2.75, 3.05) is 20.3 Å². The van der Waals surface area contributed by atoms with Crippen LogP contribution in [0.2, 0.25) is 0 Å². The lowest BCUT2D eigenvalue weighted by Crippen LogP contribution is -2.35. The fourth-order valence-electron chi connectivity index (χ4n) is 1.77. The van der Waals surface area contributed by atoms with E-state index < -0.39 is 11.9 Å². The molecule has 0 aliphatic carbocycles. The van der Waals surface area contributed by atoms with E-state index >= 15 is 0 Å². The van der Waals surface area contributed by atoms with Crippen LogP contribution in [-0.4, -0.2) is 32.1 Å². The van der Waals surface area contributed by atoms with Crippen molar-refractivity contribution >= 4 is 11.9 Å². The Morgan fingerprint density at radius 1 is 1.25 bits per heavy atom. The number of amides is 1. The predicted molar refractivity (Wildman–Crippen MR) is 75.5 cm³/mol. The highest BCUT2D eigenvalue weighted by Crippen LogP contribution is 2.14. The molecule has 0 bridgehead atoms. The molecule has 0 fully saturated rings. The minimum Gasteiger partial charge on any atom is -0.497 e. The van der Waals surface area contributed by atoms with Crippen molar-refractivity contribution in [1.29, 1.82) is 0 Å². The SMILES string of the molecule is CCOC(=O)C(=O)NC[C@H](C)Cc1ccc(OC)cc1. The smallest absolute Gasteiger partial charge is 0.396 e. The number of nitrogens with one attached hydrogen (secondary N) is 1. The highest BCUT2D eigenvalue weighted by molar-refractivity contribution is 6.32. The molecule has 1 atom stereocenters. The molecule has 110 valence electrons. The van der Waals surface area contributed by atoms with E-state index in [1.807, 2.05) is 31.2 Å². The summed E-state index contributed by atoms with van der Waals surface area (Å²) in [5.41, 5.74) is 1.16. The van der Waals surface area contributed by atoms with Crippen molar-refractivity contribution in [2.24, 2.45) is 5.92 Å². The van der Waals surface area contributed by atoms with E-state index in [1.54, 1.807) is 14.0 Å². The van der Waals surface area contributed by atoms with Crippen LogP contribution in [0.25, 0.3) is 0 Å². The average Bonchev–Trinajstić information content (AvgIpc) is 2.45. The number of carbonyl (C=O) groups is 2. The molecule has 0 aromatic heterocycles. The number of benzene rings is 1. The van der Waals surface area contributed by atoms with Crippen LogP contribution in [0.5, 0.6) is 5.75 Å². The Bertz CT molecular complexity index is 442. The molecule has 5 nitrogen and oxygen atoms in total. The van der Waals surface area contributed by atoms with E-state index in [2.05, 4.69) is 10.1 Å². The number of hydrogen-bond donors (Lipinski definition) is 1. The molecular weight excluding hydrogens is 258 g/mol. The molecule has 1 aromatic rings. The monoisotopic (exact) mass is 279 g/mol. The molecule has 1 aromatic carbocycles. The third kappa shape index (κ3) is 5.30. The first-order valence-electron chi connectivity index (χ1n) is 6.64. The van der Waals surface area contributed by atoms with Gasteiger partial charge in [0, 0.05) is 6.54 Å². The molecule has 0 spiro atoms. The summed E-state index contributed by atoms with van der Waals surface area (Å²) in [6.45, 7) is 4.31. The average molecular weight is 279 g/mol. The van der Waals surface area contributed by atoms with E-state index in [1.165, 1.54) is 0 Å². The summed E-state index contributed by atoms with van der Waals surface area (Å²) in [7, 11) is 1.63. The summed E-state index contributed by atoms with van der Waals surface area (Å²) in [6, 6.07) is 7.78. The molecule has 0 saturated carbocycles. The number of methoxy groups -OCH3 is 1. The van der Waals surface area contributed by atoms with Gasteiger partial charge in [-0.05, 0) is 37.0 Å². The molecule has 1 amide bonds. The molecule has 0 saturated heterocycles. The minimum atomic E-state index is -0.829. The summed E-state index contributed by atoms with van der Waals surface area (Å²) in [5.74, 6) is -0.476. The third-order valence-corrected chi connectivity index (χ3v) is 2.82. The van der Waals surface area contributed by atoms with E-state index in [0.29, 0.717) is 6.54 Å². The second-order valence-electron chi connectivity index (χ2n) is 4.59. The highest BCUT2D eigenvalue weighted by atomic mass is 16.5. The van der Waals surface area contributed by atoms with Crippen LogP contribution in [0.3, 0.4) is 0 Å². The van der Waals surface area contributed by atoms with Gasteiger partial charge < -0.3 is 14.8 Å². The van der Waals surface area contributed by atoms with Gasteiger partial charge >= 0.3 is 11.9 Å².